The van der Waals surface area contributed by atoms with E-state index in [-0.39, 0.29) is 6.10 Å². The lowest BCUT2D eigenvalue weighted by atomic mass is 9.47. The lowest BCUT2D eigenvalue weighted by Crippen LogP contribution is -2.51. The molecule has 0 bridgehead atoms. The number of benzene rings is 1. The van der Waals surface area contributed by atoms with Crippen molar-refractivity contribution in [2.75, 3.05) is 6.79 Å². The van der Waals surface area contributed by atoms with E-state index in [0.717, 1.165) is 59.1 Å². The molecule has 0 aliphatic heterocycles. The molecule has 0 spiro atoms. The van der Waals surface area contributed by atoms with Gasteiger partial charge in [-0.15, -0.1) is 0 Å². The Balaban J connectivity index is 1.19. The van der Waals surface area contributed by atoms with Crippen LogP contribution in [0.25, 0.3) is 0 Å². The highest BCUT2D eigenvalue weighted by atomic mass is 35.5. The van der Waals surface area contributed by atoms with Crippen molar-refractivity contribution in [1.82, 2.24) is 0 Å². The predicted octanol–water partition coefficient (Wildman–Crippen LogP) is 10.1. The molecule has 0 unspecified atom stereocenters. The van der Waals surface area contributed by atoms with E-state index >= 15 is 0 Å². The molecule has 8 atom stereocenters. The molecule has 0 radical (unpaired) electrons. The zero-order valence-corrected chi connectivity index (χ0v) is 24.9. The second-order valence-electron chi connectivity index (χ2n) is 14.0. The number of allylic oxidation sites excluding steroid dienone is 1. The van der Waals surface area contributed by atoms with E-state index in [1.807, 2.05) is 24.3 Å². The third-order valence-corrected chi connectivity index (χ3v) is 11.9. The summed E-state index contributed by atoms with van der Waals surface area (Å²) in [5.41, 5.74) is 2.64. The fraction of sp³-hybridized carbons (Fsp3) is 0.765. The number of fused-ring (bicyclic) bond motifs is 5. The van der Waals surface area contributed by atoms with Crippen LogP contribution >= 0.6 is 11.6 Å². The van der Waals surface area contributed by atoms with Gasteiger partial charge in [0.1, 0.15) is 5.75 Å². The number of hydrogen-bond acceptors (Lipinski definition) is 2. The fourth-order valence-electron chi connectivity index (χ4n) is 9.52. The molecular formula is C34H51ClO2. The summed E-state index contributed by atoms with van der Waals surface area (Å²) in [7, 11) is 0. The topological polar surface area (TPSA) is 18.5 Å². The maximum absolute atomic E-state index is 6.22. The molecule has 206 valence electrons. The van der Waals surface area contributed by atoms with Crippen LogP contribution < -0.4 is 4.74 Å². The van der Waals surface area contributed by atoms with Crippen LogP contribution in [0.1, 0.15) is 105 Å². The minimum Gasteiger partial charge on any atom is -0.468 e. The maximum atomic E-state index is 6.22. The minimum atomic E-state index is 0.277. The number of rotatable bonds is 9. The van der Waals surface area contributed by atoms with Crippen LogP contribution in [-0.4, -0.2) is 12.9 Å². The van der Waals surface area contributed by atoms with Gasteiger partial charge in [0.2, 0.25) is 0 Å². The van der Waals surface area contributed by atoms with E-state index in [1.165, 1.54) is 57.8 Å². The third kappa shape index (κ3) is 5.54. The summed E-state index contributed by atoms with van der Waals surface area (Å²) in [4.78, 5) is 0. The van der Waals surface area contributed by atoms with Crippen molar-refractivity contribution in [3.8, 4) is 5.75 Å². The van der Waals surface area contributed by atoms with Gasteiger partial charge in [-0.2, -0.15) is 0 Å². The molecular weight excluding hydrogens is 476 g/mol. The summed E-state index contributed by atoms with van der Waals surface area (Å²) in [6.07, 6.45) is 17.8. The average Bonchev–Trinajstić information content (AvgIpc) is 3.22. The molecule has 3 fully saturated rings. The molecule has 37 heavy (non-hydrogen) atoms. The molecule has 2 nitrogen and oxygen atoms in total. The van der Waals surface area contributed by atoms with Crippen LogP contribution in [-0.2, 0) is 4.74 Å². The van der Waals surface area contributed by atoms with E-state index in [1.54, 1.807) is 5.57 Å². The molecule has 0 amide bonds. The zero-order chi connectivity index (χ0) is 26.2. The number of ether oxygens (including phenoxy) is 2. The van der Waals surface area contributed by atoms with Crippen molar-refractivity contribution in [2.24, 2.45) is 46.3 Å². The molecule has 0 N–H and O–H groups in total. The van der Waals surface area contributed by atoms with E-state index in [9.17, 15) is 0 Å². The summed E-state index contributed by atoms with van der Waals surface area (Å²) in [5.74, 6) is 6.18. The highest BCUT2D eigenvalue weighted by molar-refractivity contribution is 6.30. The summed E-state index contributed by atoms with van der Waals surface area (Å²) >= 11 is 5.99. The predicted molar refractivity (Wildman–Crippen MR) is 155 cm³/mol. The first kappa shape index (κ1) is 27.6. The Morgan fingerprint density at radius 2 is 1.73 bits per heavy atom. The van der Waals surface area contributed by atoms with Gasteiger partial charge in [-0.3, -0.25) is 0 Å². The third-order valence-electron chi connectivity index (χ3n) is 11.6. The largest absolute Gasteiger partial charge is 0.468 e. The van der Waals surface area contributed by atoms with Crippen LogP contribution in [0.15, 0.2) is 35.9 Å². The van der Waals surface area contributed by atoms with Gasteiger partial charge in [0.15, 0.2) is 6.79 Å². The van der Waals surface area contributed by atoms with E-state index in [4.69, 9.17) is 21.1 Å². The van der Waals surface area contributed by atoms with E-state index in [2.05, 4.69) is 40.7 Å². The first-order valence-electron chi connectivity index (χ1n) is 15.4. The molecule has 0 heterocycles. The second kappa shape index (κ2) is 11.2. The van der Waals surface area contributed by atoms with Gasteiger partial charge in [0.05, 0.1) is 6.10 Å². The normalized spacial score (nSPS) is 37.9. The Bertz CT molecular complexity index is 938. The molecule has 5 rings (SSSR count). The van der Waals surface area contributed by atoms with Crippen LogP contribution in [0, 0.1) is 46.3 Å². The first-order valence-corrected chi connectivity index (χ1v) is 15.8. The molecule has 4 aliphatic rings. The van der Waals surface area contributed by atoms with Gasteiger partial charge >= 0.3 is 0 Å². The van der Waals surface area contributed by atoms with Gasteiger partial charge in [0.25, 0.3) is 0 Å². The first-order chi connectivity index (χ1) is 17.7. The van der Waals surface area contributed by atoms with E-state index in [0.29, 0.717) is 17.6 Å². The molecule has 0 aromatic heterocycles. The van der Waals surface area contributed by atoms with Crippen molar-refractivity contribution in [3.63, 3.8) is 0 Å². The van der Waals surface area contributed by atoms with Gasteiger partial charge in [-0.05, 0) is 122 Å². The smallest absolute Gasteiger partial charge is 0.189 e. The highest BCUT2D eigenvalue weighted by Crippen LogP contribution is 2.67. The lowest BCUT2D eigenvalue weighted by molar-refractivity contribution is -0.0814. The molecule has 3 heteroatoms. The van der Waals surface area contributed by atoms with Crippen molar-refractivity contribution in [3.05, 3.63) is 40.9 Å². The molecule has 1 aromatic rings. The molecule has 1 aromatic carbocycles. The van der Waals surface area contributed by atoms with E-state index < -0.39 is 0 Å². The SMILES string of the molecule is CC(C)CCC[C@@H](C)[C@@H]1CC[C@@H]2[C@@H]3CC=C4C[C@@H](OCOc5ccc(Cl)cc5)CC[C@]4(C)[C@@H]3CC[C@@]21C. The minimum absolute atomic E-state index is 0.277. The Kier molecular flexibility index (Phi) is 8.38. The fourth-order valence-corrected chi connectivity index (χ4v) is 9.65. The lowest BCUT2D eigenvalue weighted by Gasteiger charge is -2.58. The Hall–Kier alpha value is -0.990. The van der Waals surface area contributed by atoms with Crippen molar-refractivity contribution < 1.29 is 9.47 Å². The van der Waals surface area contributed by atoms with Crippen LogP contribution in [0.3, 0.4) is 0 Å². The highest BCUT2D eigenvalue weighted by Gasteiger charge is 2.59. The average molecular weight is 527 g/mol. The van der Waals surface area contributed by atoms with Gasteiger partial charge < -0.3 is 9.47 Å². The van der Waals surface area contributed by atoms with Crippen molar-refractivity contribution in [2.45, 2.75) is 111 Å². The Morgan fingerprint density at radius 3 is 2.49 bits per heavy atom. The maximum Gasteiger partial charge on any atom is 0.189 e. The van der Waals surface area contributed by atoms with Crippen molar-refractivity contribution >= 4 is 11.6 Å². The summed E-state index contributed by atoms with van der Waals surface area (Å²) in [5, 5.41) is 0.731. The number of hydrogen-bond donors (Lipinski definition) is 0. The molecule has 0 saturated heterocycles. The van der Waals surface area contributed by atoms with Gasteiger partial charge in [0, 0.05) is 5.02 Å². The van der Waals surface area contributed by atoms with Crippen LogP contribution in [0.5, 0.6) is 5.75 Å². The second-order valence-corrected chi connectivity index (χ2v) is 14.5. The zero-order valence-electron chi connectivity index (χ0n) is 24.1. The molecule has 4 aliphatic carbocycles. The summed E-state index contributed by atoms with van der Waals surface area (Å²) in [6.45, 7) is 13.0. The van der Waals surface area contributed by atoms with Crippen molar-refractivity contribution in [1.29, 1.82) is 0 Å². The Labute approximate surface area is 231 Å². The summed E-state index contributed by atoms with van der Waals surface area (Å²) < 4.78 is 12.1. The monoisotopic (exact) mass is 526 g/mol. The van der Waals surface area contributed by atoms with Crippen LogP contribution in [0.4, 0.5) is 0 Å². The molecule has 3 saturated carbocycles. The quantitative estimate of drug-likeness (QED) is 0.235. The van der Waals surface area contributed by atoms with Gasteiger partial charge in [-0.1, -0.05) is 77.1 Å². The van der Waals surface area contributed by atoms with Crippen LogP contribution in [0.2, 0.25) is 5.02 Å². The number of halogens is 1. The standard InChI is InChI=1S/C34H51ClO2/c1-23(2)7-6-8-24(3)30-15-16-31-29-14-9-25-21-28(37-22-36-27-12-10-26(35)11-13-27)17-19-33(25,4)32(29)18-20-34(30,31)5/h9-13,23-24,28-32H,6-8,14-22H2,1-5H3/t24-,28+,29+,30+,31-,32-,33+,34-/m1/s1. The summed E-state index contributed by atoms with van der Waals surface area (Å²) in [6, 6.07) is 7.54. The van der Waals surface area contributed by atoms with Gasteiger partial charge in [-0.25, -0.2) is 0 Å². The Morgan fingerprint density at radius 1 is 0.946 bits per heavy atom.